The number of halogens is 1. The van der Waals surface area contributed by atoms with E-state index < -0.39 is 17.5 Å². The molecular weight excluding hydrogens is 446 g/mol. The molecule has 0 aliphatic heterocycles. The average molecular weight is 470 g/mol. The van der Waals surface area contributed by atoms with Gasteiger partial charge in [-0.15, -0.1) is 11.3 Å². The molecule has 28 heavy (non-hydrogen) atoms. The second-order valence-corrected chi connectivity index (χ2v) is 8.69. The van der Waals surface area contributed by atoms with Gasteiger partial charge in [-0.25, -0.2) is 9.59 Å². The molecule has 0 atom stereocenters. The molecule has 6 nitrogen and oxygen atoms in total. The number of carbonyl (C=O) groups excluding carboxylic acids is 2. The summed E-state index contributed by atoms with van der Waals surface area (Å²) in [6.45, 7) is 7.84. The van der Waals surface area contributed by atoms with Crippen LogP contribution >= 0.6 is 27.3 Å². The Morgan fingerprint density at radius 3 is 2.57 bits per heavy atom. The van der Waals surface area contributed by atoms with Gasteiger partial charge < -0.3 is 19.5 Å². The summed E-state index contributed by atoms with van der Waals surface area (Å²) in [5, 5.41) is 3.26. The van der Waals surface area contributed by atoms with Gasteiger partial charge in [-0.3, -0.25) is 0 Å². The summed E-state index contributed by atoms with van der Waals surface area (Å²) >= 11 is 4.75. The molecule has 0 aliphatic rings. The third-order valence-corrected chi connectivity index (χ3v) is 5.66. The molecule has 0 unspecified atom stereocenters. The van der Waals surface area contributed by atoms with Gasteiger partial charge in [0.15, 0.2) is 17.2 Å². The zero-order chi connectivity index (χ0) is 20.9. The first-order valence-electron chi connectivity index (χ1n) is 8.75. The maximum atomic E-state index is 12.2. The van der Waals surface area contributed by atoms with E-state index in [0.29, 0.717) is 4.47 Å². The molecule has 0 fully saturated rings. The van der Waals surface area contributed by atoms with Crippen LogP contribution in [0.15, 0.2) is 28.7 Å². The number of anilines is 1. The van der Waals surface area contributed by atoms with Crippen LogP contribution in [0.2, 0.25) is 0 Å². The van der Waals surface area contributed by atoms with Crippen LogP contribution in [-0.4, -0.2) is 37.8 Å². The largest absolute Gasteiger partial charge is 0.479 e. The molecule has 1 aromatic heterocycles. The molecule has 1 N–H and O–H groups in total. The van der Waals surface area contributed by atoms with E-state index >= 15 is 0 Å². The highest BCUT2D eigenvalue weighted by molar-refractivity contribution is 9.10. The number of rotatable bonds is 7. The average Bonchev–Trinajstić information content (AvgIpc) is 2.95. The van der Waals surface area contributed by atoms with E-state index in [2.05, 4.69) is 21.2 Å². The summed E-state index contributed by atoms with van der Waals surface area (Å²) in [6.07, 6.45) is 0. The third-order valence-electron chi connectivity index (χ3n) is 3.44. The van der Waals surface area contributed by atoms with Crippen molar-refractivity contribution in [1.82, 2.24) is 0 Å². The predicted molar refractivity (Wildman–Crippen MR) is 114 cm³/mol. The van der Waals surface area contributed by atoms with Crippen LogP contribution in [0.5, 0.6) is 5.75 Å². The van der Waals surface area contributed by atoms with E-state index in [9.17, 15) is 9.59 Å². The summed E-state index contributed by atoms with van der Waals surface area (Å²) < 4.78 is 16.4. The second-order valence-electron chi connectivity index (χ2n) is 6.88. The van der Waals surface area contributed by atoms with Crippen molar-refractivity contribution in [3.05, 3.63) is 33.6 Å². The van der Waals surface area contributed by atoms with E-state index in [-0.39, 0.29) is 17.2 Å². The Morgan fingerprint density at radius 1 is 1.25 bits per heavy atom. The molecule has 152 valence electrons. The highest BCUT2D eigenvalue weighted by Gasteiger charge is 2.26. The van der Waals surface area contributed by atoms with Gasteiger partial charge in [-0.05, 0) is 61.3 Å². The molecule has 0 saturated heterocycles. The summed E-state index contributed by atoms with van der Waals surface area (Å²) in [4.78, 5) is 25.3. The monoisotopic (exact) mass is 469 g/mol. The Kier molecular flexibility index (Phi) is 7.48. The van der Waals surface area contributed by atoms with Crippen molar-refractivity contribution in [2.45, 2.75) is 33.3 Å². The number of benzene rings is 1. The fourth-order valence-corrected chi connectivity index (χ4v) is 4.38. The molecule has 1 aromatic carbocycles. The maximum absolute atomic E-state index is 12.2. The lowest BCUT2D eigenvalue weighted by Gasteiger charge is -2.19. The first kappa shape index (κ1) is 22.2. The zero-order valence-corrected chi connectivity index (χ0v) is 19.0. The maximum Gasteiger partial charge on any atom is 0.351 e. The van der Waals surface area contributed by atoms with Gasteiger partial charge in [-0.2, -0.15) is 0 Å². The minimum atomic E-state index is -0.616. The van der Waals surface area contributed by atoms with Crippen LogP contribution in [0.1, 0.15) is 37.4 Å². The smallest absolute Gasteiger partial charge is 0.351 e. The molecule has 0 spiro atoms. The first-order chi connectivity index (χ1) is 13.2. The molecule has 0 bridgehead atoms. The van der Waals surface area contributed by atoms with Crippen molar-refractivity contribution in [2.24, 2.45) is 0 Å². The number of esters is 2. The van der Waals surface area contributed by atoms with E-state index in [1.165, 1.54) is 18.4 Å². The number of hydrogen-bond donors (Lipinski definition) is 1. The molecule has 0 aliphatic carbocycles. The fraction of sp³-hybridized carbons (Fsp3) is 0.400. The van der Waals surface area contributed by atoms with Crippen molar-refractivity contribution >= 4 is 44.9 Å². The van der Waals surface area contributed by atoms with Gasteiger partial charge in [0.25, 0.3) is 0 Å². The molecule has 0 saturated carbocycles. The molecule has 2 aromatic rings. The topological polar surface area (TPSA) is 73.9 Å². The molecule has 0 radical (unpaired) electrons. The normalized spacial score (nSPS) is 11.1. The molecule has 1 heterocycles. The van der Waals surface area contributed by atoms with E-state index in [0.717, 1.165) is 22.7 Å². The molecule has 0 amide bonds. The van der Waals surface area contributed by atoms with Gasteiger partial charge >= 0.3 is 11.9 Å². The van der Waals surface area contributed by atoms with Crippen LogP contribution in [-0.2, 0) is 14.3 Å². The fourth-order valence-electron chi connectivity index (χ4n) is 2.41. The highest BCUT2D eigenvalue weighted by Crippen LogP contribution is 2.46. The number of thiophene rings is 1. The van der Waals surface area contributed by atoms with Crippen LogP contribution in [0, 0.1) is 0 Å². The van der Waals surface area contributed by atoms with E-state index in [4.69, 9.17) is 14.2 Å². The lowest BCUT2D eigenvalue weighted by atomic mass is 10.1. The summed E-state index contributed by atoms with van der Waals surface area (Å²) in [5.41, 5.74) is 1.26. The minimum Gasteiger partial charge on any atom is -0.479 e. The van der Waals surface area contributed by atoms with Crippen LogP contribution < -0.4 is 10.1 Å². The molecule has 2 rings (SSSR count). The standard InChI is InChI=1S/C20H24BrNO5S/c1-6-22-13-9-7-8-12(10-13)17-15(21)16(18(28-17)19(24)25-5)26-11-14(23)27-20(2,3)4/h7-10,22H,6,11H2,1-5H3. The van der Waals surface area contributed by atoms with E-state index in [1.54, 1.807) is 20.8 Å². The Labute approximate surface area is 177 Å². The summed E-state index contributed by atoms with van der Waals surface area (Å²) in [6, 6.07) is 7.82. The number of nitrogens with one attached hydrogen (secondary N) is 1. The van der Waals surface area contributed by atoms with Crippen molar-refractivity contribution in [3.8, 4) is 16.2 Å². The Morgan fingerprint density at radius 2 is 1.96 bits per heavy atom. The van der Waals surface area contributed by atoms with Gasteiger partial charge in [0.1, 0.15) is 5.60 Å². The van der Waals surface area contributed by atoms with Crippen LogP contribution in [0.4, 0.5) is 5.69 Å². The van der Waals surface area contributed by atoms with Crippen molar-refractivity contribution in [3.63, 3.8) is 0 Å². The van der Waals surface area contributed by atoms with Crippen LogP contribution in [0.25, 0.3) is 10.4 Å². The van der Waals surface area contributed by atoms with Gasteiger partial charge in [0.2, 0.25) is 0 Å². The number of carbonyl (C=O) groups is 2. The first-order valence-corrected chi connectivity index (χ1v) is 10.4. The van der Waals surface area contributed by atoms with Crippen molar-refractivity contribution < 1.29 is 23.8 Å². The number of hydrogen-bond acceptors (Lipinski definition) is 7. The summed E-state index contributed by atoms with van der Waals surface area (Å²) in [5.74, 6) is -0.775. The minimum absolute atomic E-state index is 0.270. The Bertz CT molecular complexity index is 857. The quantitative estimate of drug-likeness (QED) is 0.567. The number of methoxy groups -OCH3 is 1. The number of ether oxygens (including phenoxy) is 3. The highest BCUT2D eigenvalue weighted by atomic mass is 79.9. The lowest BCUT2D eigenvalue weighted by Crippen LogP contribution is -2.27. The molecular formula is C20H24BrNO5S. The zero-order valence-electron chi connectivity index (χ0n) is 16.6. The van der Waals surface area contributed by atoms with Gasteiger partial charge in [-0.1, -0.05) is 12.1 Å². The Hall–Kier alpha value is -2.06. The molecule has 8 heteroatoms. The van der Waals surface area contributed by atoms with Crippen molar-refractivity contribution in [1.29, 1.82) is 0 Å². The van der Waals surface area contributed by atoms with Gasteiger partial charge in [0, 0.05) is 12.2 Å². The van der Waals surface area contributed by atoms with Crippen molar-refractivity contribution in [2.75, 3.05) is 25.6 Å². The summed E-state index contributed by atoms with van der Waals surface area (Å²) in [7, 11) is 1.30. The Balaban J connectivity index is 2.36. The predicted octanol–water partition coefficient (Wildman–Crippen LogP) is 5.12. The lowest BCUT2D eigenvalue weighted by molar-refractivity contribution is -0.157. The SMILES string of the molecule is CCNc1cccc(-c2sc(C(=O)OC)c(OCC(=O)OC(C)(C)C)c2Br)c1. The van der Waals surface area contributed by atoms with E-state index in [1.807, 2.05) is 31.2 Å². The second kappa shape index (κ2) is 9.43. The van der Waals surface area contributed by atoms with Crippen LogP contribution in [0.3, 0.4) is 0 Å². The van der Waals surface area contributed by atoms with Gasteiger partial charge in [0.05, 0.1) is 16.5 Å². The third kappa shape index (κ3) is 5.72.